The highest BCUT2D eigenvalue weighted by Gasteiger charge is 2.00. The molecule has 1 aromatic heterocycles. The van der Waals surface area contributed by atoms with E-state index in [2.05, 4.69) is 47.2 Å². The Kier molecular flexibility index (Phi) is 5.20. The van der Waals surface area contributed by atoms with Crippen LogP contribution in [0.4, 0.5) is 10.1 Å². The van der Waals surface area contributed by atoms with Crippen molar-refractivity contribution in [2.75, 3.05) is 0 Å². The van der Waals surface area contributed by atoms with Crippen LogP contribution in [0, 0.1) is 17.7 Å². The van der Waals surface area contributed by atoms with Gasteiger partial charge < -0.3 is 0 Å². The lowest BCUT2D eigenvalue weighted by Crippen LogP contribution is -1.79. The molecule has 0 atom stereocenters. The van der Waals surface area contributed by atoms with Crippen LogP contribution in [-0.2, 0) is 6.42 Å². The first-order chi connectivity index (χ1) is 9.72. The minimum atomic E-state index is -0.438. The van der Waals surface area contributed by atoms with Gasteiger partial charge in [0, 0.05) is 10.4 Å². The van der Waals surface area contributed by atoms with Gasteiger partial charge in [0.15, 0.2) is 5.82 Å². The van der Waals surface area contributed by atoms with E-state index in [1.54, 1.807) is 23.5 Å². The van der Waals surface area contributed by atoms with Crippen LogP contribution in [0.5, 0.6) is 0 Å². The van der Waals surface area contributed by atoms with Gasteiger partial charge in [-0.1, -0.05) is 25.2 Å². The lowest BCUT2D eigenvalue weighted by molar-refractivity contribution is 0.629. The first-order valence-corrected chi connectivity index (χ1v) is 7.43. The fourth-order valence-electron chi connectivity index (χ4n) is 1.68. The van der Waals surface area contributed by atoms with Crippen molar-refractivity contribution >= 4 is 34.4 Å². The van der Waals surface area contributed by atoms with E-state index in [-0.39, 0.29) is 5.69 Å². The maximum absolute atomic E-state index is 13.6. The molecule has 4 heteroatoms. The number of benzene rings is 1. The molecule has 0 bridgehead atoms. The number of hydrogen-bond acceptors (Lipinski definition) is 3. The minimum Gasteiger partial charge on any atom is -0.205 e. The average molecular weight is 301 g/mol. The van der Waals surface area contributed by atoms with Crippen molar-refractivity contribution in [1.29, 1.82) is 0 Å². The highest BCUT2D eigenvalue weighted by atomic mass is 32.1. The number of rotatable bonds is 3. The van der Waals surface area contributed by atoms with Gasteiger partial charge >= 0.3 is 0 Å². The van der Waals surface area contributed by atoms with Gasteiger partial charge in [-0.2, -0.15) is 4.99 Å². The highest BCUT2D eigenvalue weighted by molar-refractivity contribution is 7.78. The maximum atomic E-state index is 13.6. The molecule has 0 aliphatic heterocycles. The van der Waals surface area contributed by atoms with Crippen LogP contribution in [0.1, 0.15) is 28.7 Å². The van der Waals surface area contributed by atoms with E-state index in [1.807, 2.05) is 6.07 Å². The first-order valence-electron chi connectivity index (χ1n) is 6.21. The van der Waals surface area contributed by atoms with Crippen molar-refractivity contribution < 1.29 is 4.39 Å². The number of aliphatic imine (C=N–C) groups is 1. The Hall–Kier alpha value is -1.79. The second kappa shape index (κ2) is 7.12. The van der Waals surface area contributed by atoms with Crippen molar-refractivity contribution in [2.24, 2.45) is 4.99 Å². The van der Waals surface area contributed by atoms with E-state index in [9.17, 15) is 4.39 Å². The monoisotopic (exact) mass is 301 g/mol. The van der Waals surface area contributed by atoms with Crippen LogP contribution < -0.4 is 0 Å². The van der Waals surface area contributed by atoms with Gasteiger partial charge in [-0.05, 0) is 49.0 Å². The molecule has 2 rings (SSSR count). The Morgan fingerprint density at radius 1 is 1.25 bits per heavy atom. The minimum absolute atomic E-state index is 0.187. The summed E-state index contributed by atoms with van der Waals surface area (Å²) in [6, 6.07) is 8.73. The number of thiophene rings is 1. The Morgan fingerprint density at radius 2 is 2.10 bits per heavy atom. The van der Waals surface area contributed by atoms with Crippen molar-refractivity contribution in [3.8, 4) is 11.8 Å². The topological polar surface area (TPSA) is 12.4 Å². The quantitative estimate of drug-likeness (QED) is 0.443. The molecule has 1 heterocycles. The lowest BCUT2D eigenvalue weighted by Gasteiger charge is -1.95. The van der Waals surface area contributed by atoms with Crippen molar-refractivity contribution in [3.05, 3.63) is 51.5 Å². The molecule has 0 amide bonds. The van der Waals surface area contributed by atoms with Crippen LogP contribution in [0.2, 0.25) is 0 Å². The molecular weight excluding hydrogens is 289 g/mol. The molecule has 0 unspecified atom stereocenters. The molecule has 0 aliphatic rings. The number of isothiocyanates is 1. The van der Waals surface area contributed by atoms with E-state index in [0.717, 1.165) is 17.7 Å². The standard InChI is InChI=1S/C16H12FNS2/c1-2-3-13-7-8-14(20-13)6-4-12-5-9-16(18-11-19)15(17)10-12/h5,7-10H,2-3H2,1H3. The molecule has 1 aromatic carbocycles. The fourth-order valence-corrected chi connectivity index (χ4v) is 2.75. The molecule has 0 aliphatic carbocycles. The van der Waals surface area contributed by atoms with E-state index < -0.39 is 5.82 Å². The van der Waals surface area contributed by atoms with Gasteiger partial charge in [0.25, 0.3) is 0 Å². The predicted octanol–water partition coefficient (Wildman–Crippen LogP) is 4.97. The molecular formula is C16H12FNS2. The number of halogens is 1. The van der Waals surface area contributed by atoms with Crippen molar-refractivity contribution in [1.82, 2.24) is 0 Å². The Morgan fingerprint density at radius 3 is 2.80 bits per heavy atom. The number of nitrogens with zero attached hydrogens (tertiary/aromatic N) is 1. The van der Waals surface area contributed by atoms with E-state index in [0.29, 0.717) is 5.56 Å². The number of aryl methyl sites for hydroxylation is 1. The van der Waals surface area contributed by atoms with Gasteiger partial charge in [0.2, 0.25) is 0 Å². The van der Waals surface area contributed by atoms with Gasteiger partial charge in [0.1, 0.15) is 5.69 Å². The summed E-state index contributed by atoms with van der Waals surface area (Å²) in [5.74, 6) is 5.57. The lowest BCUT2D eigenvalue weighted by atomic mass is 10.2. The Balaban J connectivity index is 2.19. The second-order valence-corrected chi connectivity index (χ2v) is 5.49. The summed E-state index contributed by atoms with van der Waals surface area (Å²) < 4.78 is 13.6. The van der Waals surface area contributed by atoms with Crippen LogP contribution in [0.15, 0.2) is 35.3 Å². The third-order valence-corrected chi connectivity index (χ3v) is 3.75. The molecule has 0 radical (unpaired) electrons. The van der Waals surface area contributed by atoms with E-state index in [4.69, 9.17) is 0 Å². The van der Waals surface area contributed by atoms with Crippen LogP contribution in [-0.4, -0.2) is 5.16 Å². The van der Waals surface area contributed by atoms with Gasteiger partial charge in [-0.15, -0.1) is 11.3 Å². The molecule has 0 spiro atoms. The summed E-state index contributed by atoms with van der Waals surface area (Å²) >= 11 is 6.14. The molecule has 0 fully saturated rings. The van der Waals surface area contributed by atoms with Gasteiger partial charge in [-0.25, -0.2) is 4.39 Å². The summed E-state index contributed by atoms with van der Waals surface area (Å²) in [5, 5.41) is 2.15. The Bertz CT molecular complexity index is 716. The molecule has 2 aromatic rings. The molecule has 20 heavy (non-hydrogen) atoms. The third kappa shape index (κ3) is 3.85. The molecule has 1 nitrogen and oxygen atoms in total. The number of thiocarbonyl (C=S) groups is 1. The third-order valence-electron chi connectivity index (χ3n) is 2.60. The number of hydrogen-bond donors (Lipinski definition) is 0. The zero-order valence-electron chi connectivity index (χ0n) is 10.9. The molecule has 0 saturated heterocycles. The second-order valence-electron chi connectivity index (χ2n) is 4.14. The maximum Gasteiger partial charge on any atom is 0.150 e. The molecule has 100 valence electrons. The smallest absolute Gasteiger partial charge is 0.150 e. The van der Waals surface area contributed by atoms with Crippen molar-refractivity contribution in [2.45, 2.75) is 19.8 Å². The highest BCUT2D eigenvalue weighted by Crippen LogP contribution is 2.19. The summed E-state index contributed by atoms with van der Waals surface area (Å²) in [6.45, 7) is 2.15. The van der Waals surface area contributed by atoms with Crippen LogP contribution >= 0.6 is 23.6 Å². The summed E-state index contributed by atoms with van der Waals surface area (Å²) in [6.07, 6.45) is 2.20. The Labute approximate surface area is 127 Å². The van der Waals surface area contributed by atoms with Gasteiger partial charge in [-0.3, -0.25) is 0 Å². The largest absolute Gasteiger partial charge is 0.205 e. The summed E-state index contributed by atoms with van der Waals surface area (Å²) in [4.78, 5) is 5.96. The molecule has 0 N–H and O–H groups in total. The molecule has 0 saturated carbocycles. The van der Waals surface area contributed by atoms with Crippen LogP contribution in [0.3, 0.4) is 0 Å². The normalized spacial score (nSPS) is 9.50. The first kappa shape index (κ1) is 14.6. The van der Waals surface area contributed by atoms with Crippen LogP contribution in [0.25, 0.3) is 0 Å². The van der Waals surface area contributed by atoms with Crippen molar-refractivity contribution in [3.63, 3.8) is 0 Å². The van der Waals surface area contributed by atoms with E-state index >= 15 is 0 Å². The van der Waals surface area contributed by atoms with E-state index in [1.165, 1.54) is 10.9 Å². The SMILES string of the molecule is CCCc1ccc(C#Cc2ccc(N=C=S)c(F)c2)s1. The predicted molar refractivity (Wildman–Crippen MR) is 85.4 cm³/mol. The summed E-state index contributed by atoms with van der Waals surface area (Å²) in [5.41, 5.74) is 0.808. The zero-order valence-corrected chi connectivity index (χ0v) is 12.6. The fraction of sp³-hybridized carbons (Fsp3) is 0.188. The summed E-state index contributed by atoms with van der Waals surface area (Å²) in [7, 11) is 0. The van der Waals surface area contributed by atoms with Gasteiger partial charge in [0.05, 0.1) is 10.0 Å². The average Bonchev–Trinajstić information content (AvgIpc) is 2.88. The zero-order chi connectivity index (χ0) is 14.4.